The van der Waals surface area contributed by atoms with Crippen LogP contribution in [0.4, 0.5) is 5.82 Å². The van der Waals surface area contributed by atoms with Crippen LogP contribution in [0, 0.1) is 0 Å². The molecule has 0 radical (unpaired) electrons. The third kappa shape index (κ3) is 2.42. The van der Waals surface area contributed by atoms with Crippen molar-refractivity contribution in [1.29, 1.82) is 0 Å². The maximum absolute atomic E-state index is 12.0. The summed E-state index contributed by atoms with van der Waals surface area (Å²) in [5.74, 6) is 0.181. The first kappa shape index (κ1) is 14.9. The second kappa shape index (κ2) is 5.88. The molecule has 4 N–H and O–H groups in total. The predicted octanol–water partition coefficient (Wildman–Crippen LogP) is -1.35. The smallest absolute Gasteiger partial charge is 0.351 e. The van der Waals surface area contributed by atoms with Gasteiger partial charge in [-0.3, -0.25) is 4.57 Å². The average molecular weight is 285 g/mol. The molecule has 0 amide bonds. The van der Waals surface area contributed by atoms with E-state index in [1.807, 2.05) is 6.92 Å². The van der Waals surface area contributed by atoms with Crippen molar-refractivity contribution in [2.75, 3.05) is 19.5 Å². The summed E-state index contributed by atoms with van der Waals surface area (Å²) in [6, 6.07) is 0. The van der Waals surface area contributed by atoms with Gasteiger partial charge in [0.05, 0.1) is 6.61 Å². The quantitative estimate of drug-likeness (QED) is 0.625. The van der Waals surface area contributed by atoms with E-state index >= 15 is 0 Å². The number of aliphatic hydroxyl groups is 2. The molecular formula is C12H19N3O5. The maximum atomic E-state index is 12.0. The first-order valence-corrected chi connectivity index (χ1v) is 6.38. The zero-order valence-corrected chi connectivity index (χ0v) is 11.4. The lowest BCUT2D eigenvalue weighted by Crippen LogP contribution is -2.37. The molecule has 1 aliphatic rings. The van der Waals surface area contributed by atoms with E-state index < -0.39 is 30.2 Å². The molecule has 1 saturated heterocycles. The highest BCUT2D eigenvalue weighted by atomic mass is 16.6. The number of nitrogen functional groups attached to an aromatic ring is 1. The van der Waals surface area contributed by atoms with Gasteiger partial charge in [0.25, 0.3) is 0 Å². The van der Waals surface area contributed by atoms with Crippen LogP contribution in [0.1, 0.15) is 18.7 Å². The fourth-order valence-electron chi connectivity index (χ4n) is 2.32. The molecule has 20 heavy (non-hydrogen) atoms. The van der Waals surface area contributed by atoms with Crippen molar-refractivity contribution in [3.63, 3.8) is 0 Å². The van der Waals surface area contributed by atoms with E-state index in [0.29, 0.717) is 12.0 Å². The molecule has 0 bridgehead atoms. The molecule has 1 unspecified atom stereocenters. The minimum absolute atomic E-state index is 0.181. The monoisotopic (exact) mass is 285 g/mol. The lowest BCUT2D eigenvalue weighted by molar-refractivity contribution is -0.0625. The van der Waals surface area contributed by atoms with E-state index in [1.165, 1.54) is 11.7 Å². The van der Waals surface area contributed by atoms with Crippen molar-refractivity contribution in [3.8, 4) is 0 Å². The van der Waals surface area contributed by atoms with E-state index in [4.69, 9.17) is 20.3 Å². The van der Waals surface area contributed by atoms with Crippen LogP contribution in [0.5, 0.6) is 0 Å². The van der Waals surface area contributed by atoms with Crippen LogP contribution < -0.4 is 11.4 Å². The maximum Gasteiger partial charge on any atom is 0.351 e. The predicted molar refractivity (Wildman–Crippen MR) is 70.1 cm³/mol. The highest BCUT2D eigenvalue weighted by Gasteiger charge is 2.45. The molecular weight excluding hydrogens is 266 g/mol. The van der Waals surface area contributed by atoms with Gasteiger partial charge in [-0.25, -0.2) is 4.79 Å². The minimum atomic E-state index is -1.02. The number of nitrogens with zero attached hydrogens (tertiary/aromatic N) is 2. The van der Waals surface area contributed by atoms with Gasteiger partial charge >= 0.3 is 5.69 Å². The lowest BCUT2D eigenvalue weighted by Gasteiger charge is -2.21. The van der Waals surface area contributed by atoms with E-state index in [2.05, 4.69) is 4.98 Å². The fourth-order valence-corrected chi connectivity index (χ4v) is 2.32. The lowest BCUT2D eigenvalue weighted by atomic mass is 10.1. The number of ether oxygens (including phenoxy) is 2. The summed E-state index contributed by atoms with van der Waals surface area (Å²) in [6.07, 6.45) is -1.29. The molecule has 8 heteroatoms. The van der Waals surface area contributed by atoms with Crippen molar-refractivity contribution < 1.29 is 19.7 Å². The molecule has 1 fully saturated rings. The van der Waals surface area contributed by atoms with Crippen molar-refractivity contribution in [3.05, 3.63) is 22.2 Å². The third-order valence-electron chi connectivity index (χ3n) is 3.48. The number of hydrogen-bond donors (Lipinski definition) is 3. The number of hydrogen-bond acceptors (Lipinski definition) is 7. The summed E-state index contributed by atoms with van der Waals surface area (Å²) >= 11 is 0. The SMILES string of the molecule is CCc1cn([C@@H]2O[C@H](CO)C(O)[C@@H]2OC)c(=O)nc1N. The van der Waals surface area contributed by atoms with Gasteiger partial charge in [-0.15, -0.1) is 0 Å². The van der Waals surface area contributed by atoms with Crippen LogP contribution in [-0.4, -0.2) is 51.8 Å². The van der Waals surface area contributed by atoms with E-state index in [-0.39, 0.29) is 12.4 Å². The molecule has 0 spiro atoms. The van der Waals surface area contributed by atoms with Gasteiger partial charge in [0.15, 0.2) is 6.23 Å². The number of anilines is 1. The van der Waals surface area contributed by atoms with Gasteiger partial charge in [0.1, 0.15) is 24.1 Å². The Hall–Kier alpha value is -1.48. The Bertz CT molecular complexity index is 532. The first-order valence-electron chi connectivity index (χ1n) is 6.38. The fraction of sp³-hybridized carbons (Fsp3) is 0.667. The summed E-state index contributed by atoms with van der Waals surface area (Å²) in [4.78, 5) is 15.7. The Morgan fingerprint density at radius 1 is 1.60 bits per heavy atom. The topological polar surface area (TPSA) is 120 Å². The van der Waals surface area contributed by atoms with E-state index in [1.54, 1.807) is 6.20 Å². The minimum Gasteiger partial charge on any atom is -0.394 e. The highest BCUT2D eigenvalue weighted by molar-refractivity contribution is 5.36. The summed E-state index contributed by atoms with van der Waals surface area (Å²) in [5, 5.41) is 19.1. The zero-order chi connectivity index (χ0) is 14.9. The number of nitrogens with two attached hydrogens (primary N) is 1. The highest BCUT2D eigenvalue weighted by Crippen LogP contribution is 2.30. The summed E-state index contributed by atoms with van der Waals surface area (Å²) in [5.41, 5.74) is 5.77. The average Bonchev–Trinajstić information content (AvgIpc) is 2.75. The van der Waals surface area contributed by atoms with Crippen molar-refractivity contribution in [2.24, 2.45) is 0 Å². The molecule has 0 saturated carbocycles. The molecule has 2 rings (SSSR count). The van der Waals surface area contributed by atoms with Crippen LogP contribution in [0.25, 0.3) is 0 Å². The van der Waals surface area contributed by atoms with Crippen LogP contribution in [0.2, 0.25) is 0 Å². The molecule has 4 atom stereocenters. The number of aliphatic hydroxyl groups excluding tert-OH is 2. The van der Waals surface area contributed by atoms with E-state index in [9.17, 15) is 9.90 Å². The second-order valence-electron chi connectivity index (χ2n) is 4.63. The van der Waals surface area contributed by atoms with Crippen LogP contribution in [-0.2, 0) is 15.9 Å². The number of methoxy groups -OCH3 is 1. The number of aryl methyl sites for hydroxylation is 1. The summed E-state index contributed by atoms with van der Waals surface area (Å²) in [7, 11) is 1.40. The normalized spacial score (nSPS) is 29.8. The van der Waals surface area contributed by atoms with Crippen molar-refractivity contribution in [2.45, 2.75) is 37.9 Å². The van der Waals surface area contributed by atoms with Crippen molar-refractivity contribution in [1.82, 2.24) is 9.55 Å². The van der Waals surface area contributed by atoms with Crippen LogP contribution in [0.3, 0.4) is 0 Å². The molecule has 112 valence electrons. The first-order chi connectivity index (χ1) is 9.53. The van der Waals surface area contributed by atoms with Crippen molar-refractivity contribution >= 4 is 5.82 Å². The molecule has 0 aliphatic carbocycles. The standard InChI is InChI=1S/C12H19N3O5/c1-3-6-4-15(12(18)14-10(6)13)11-9(19-2)8(17)7(5-16)20-11/h4,7-9,11,16-17H,3,5H2,1-2H3,(H2,13,14,18)/t7-,8?,9+,11-/m1/s1. The van der Waals surface area contributed by atoms with E-state index in [0.717, 1.165) is 0 Å². The molecule has 2 heterocycles. The van der Waals surface area contributed by atoms with Gasteiger partial charge in [0, 0.05) is 18.9 Å². The Labute approximate surface area is 115 Å². The molecule has 1 aromatic heterocycles. The van der Waals surface area contributed by atoms with Crippen LogP contribution >= 0.6 is 0 Å². The number of aromatic nitrogens is 2. The van der Waals surface area contributed by atoms with Crippen LogP contribution in [0.15, 0.2) is 11.0 Å². The molecule has 1 aliphatic heterocycles. The molecule has 1 aromatic rings. The van der Waals surface area contributed by atoms with Gasteiger partial charge in [0.2, 0.25) is 0 Å². The largest absolute Gasteiger partial charge is 0.394 e. The second-order valence-corrected chi connectivity index (χ2v) is 4.63. The Balaban J connectivity index is 2.42. The van der Waals surface area contributed by atoms with Gasteiger partial charge < -0.3 is 25.4 Å². The van der Waals surface area contributed by atoms with Gasteiger partial charge in [-0.05, 0) is 6.42 Å². The number of rotatable bonds is 4. The van der Waals surface area contributed by atoms with Gasteiger partial charge in [-0.2, -0.15) is 4.98 Å². The Morgan fingerprint density at radius 2 is 2.30 bits per heavy atom. The third-order valence-corrected chi connectivity index (χ3v) is 3.48. The Kier molecular flexibility index (Phi) is 4.39. The van der Waals surface area contributed by atoms with Gasteiger partial charge in [-0.1, -0.05) is 6.92 Å². The summed E-state index contributed by atoms with van der Waals surface area (Å²) in [6.45, 7) is 1.52. The molecule has 0 aromatic carbocycles. The molecule has 8 nitrogen and oxygen atoms in total. The summed E-state index contributed by atoms with van der Waals surface area (Å²) < 4.78 is 11.9. The zero-order valence-electron chi connectivity index (χ0n) is 11.4. The Morgan fingerprint density at radius 3 is 2.85 bits per heavy atom.